The second-order valence-electron chi connectivity index (χ2n) is 5.05. The Morgan fingerprint density at radius 2 is 1.94 bits per heavy atom. The quantitative estimate of drug-likeness (QED) is 0.881. The molecule has 2 atom stereocenters. The summed E-state index contributed by atoms with van der Waals surface area (Å²) < 4.78 is 5.68. The minimum atomic E-state index is 0.100. The van der Waals surface area contributed by atoms with Crippen molar-refractivity contribution in [3.05, 3.63) is 30.2 Å². The van der Waals surface area contributed by atoms with Crippen LogP contribution >= 0.6 is 0 Å². The normalized spacial score (nSPS) is 15.4. The van der Waals surface area contributed by atoms with Crippen molar-refractivity contribution in [3.63, 3.8) is 0 Å². The first kappa shape index (κ1) is 12.1. The number of oxazole rings is 1. The highest BCUT2D eigenvalue weighted by Gasteiger charge is 2.19. The average Bonchev–Trinajstić information content (AvgIpc) is 2.69. The minimum Gasteiger partial charge on any atom is -0.441 e. The zero-order valence-electron chi connectivity index (χ0n) is 10.7. The van der Waals surface area contributed by atoms with E-state index in [-0.39, 0.29) is 6.04 Å². The van der Waals surface area contributed by atoms with Crippen molar-refractivity contribution in [2.75, 3.05) is 0 Å². The molecule has 2 unspecified atom stereocenters. The predicted octanol–water partition coefficient (Wildman–Crippen LogP) is 2.99. The molecule has 0 radical (unpaired) electrons. The summed E-state index contributed by atoms with van der Waals surface area (Å²) in [7, 11) is 0. The van der Waals surface area contributed by atoms with Crippen LogP contribution in [-0.2, 0) is 6.42 Å². The predicted molar refractivity (Wildman–Crippen MR) is 69.7 cm³/mol. The number of para-hydroxylation sites is 2. The standard InChI is InChI=1S/C14H20N2O/c1-9(2)10(3)11(15)8-14-16-12-6-4-5-7-13(12)17-14/h4-7,9-11H,8,15H2,1-3H3. The molecule has 0 aliphatic carbocycles. The molecule has 0 amide bonds. The molecule has 0 saturated carbocycles. The van der Waals surface area contributed by atoms with E-state index in [4.69, 9.17) is 10.2 Å². The van der Waals surface area contributed by atoms with E-state index in [1.165, 1.54) is 0 Å². The zero-order valence-corrected chi connectivity index (χ0v) is 10.7. The van der Waals surface area contributed by atoms with Gasteiger partial charge in [0.1, 0.15) is 5.52 Å². The topological polar surface area (TPSA) is 52.0 Å². The summed E-state index contributed by atoms with van der Waals surface area (Å²) in [6, 6.07) is 7.91. The van der Waals surface area contributed by atoms with Crippen molar-refractivity contribution >= 4 is 11.1 Å². The number of hydrogen-bond donors (Lipinski definition) is 1. The van der Waals surface area contributed by atoms with Gasteiger partial charge in [-0.1, -0.05) is 32.9 Å². The molecule has 2 aromatic rings. The second kappa shape index (κ2) is 4.88. The Bertz CT molecular complexity index is 457. The Hall–Kier alpha value is -1.35. The maximum Gasteiger partial charge on any atom is 0.197 e. The number of nitrogens with two attached hydrogens (primary N) is 1. The third kappa shape index (κ3) is 2.67. The van der Waals surface area contributed by atoms with Crippen molar-refractivity contribution in [1.82, 2.24) is 4.98 Å². The summed E-state index contributed by atoms with van der Waals surface area (Å²) in [5, 5.41) is 0. The van der Waals surface area contributed by atoms with Crippen LogP contribution in [0.25, 0.3) is 11.1 Å². The van der Waals surface area contributed by atoms with E-state index in [1.807, 2.05) is 24.3 Å². The number of rotatable bonds is 4. The van der Waals surface area contributed by atoms with Crippen LogP contribution < -0.4 is 5.73 Å². The van der Waals surface area contributed by atoms with Crippen LogP contribution in [0, 0.1) is 11.8 Å². The summed E-state index contributed by atoms with van der Waals surface area (Å²) in [5.41, 5.74) is 7.92. The molecule has 3 heteroatoms. The zero-order chi connectivity index (χ0) is 12.4. The first-order valence-corrected chi connectivity index (χ1v) is 6.18. The van der Waals surface area contributed by atoms with Gasteiger partial charge in [0.05, 0.1) is 0 Å². The Morgan fingerprint density at radius 1 is 1.24 bits per heavy atom. The van der Waals surface area contributed by atoms with Crippen LogP contribution in [0.1, 0.15) is 26.7 Å². The molecular formula is C14H20N2O. The first-order valence-electron chi connectivity index (χ1n) is 6.18. The van der Waals surface area contributed by atoms with Gasteiger partial charge in [-0.3, -0.25) is 0 Å². The van der Waals surface area contributed by atoms with E-state index in [1.54, 1.807) is 0 Å². The SMILES string of the molecule is CC(C)C(C)C(N)Cc1nc2ccccc2o1. The lowest BCUT2D eigenvalue weighted by Gasteiger charge is -2.21. The van der Waals surface area contributed by atoms with Gasteiger partial charge >= 0.3 is 0 Å². The van der Waals surface area contributed by atoms with Gasteiger partial charge < -0.3 is 10.2 Å². The smallest absolute Gasteiger partial charge is 0.197 e. The molecule has 0 bridgehead atoms. The fraction of sp³-hybridized carbons (Fsp3) is 0.500. The van der Waals surface area contributed by atoms with Crippen molar-refractivity contribution < 1.29 is 4.42 Å². The molecule has 2 rings (SSSR count). The van der Waals surface area contributed by atoms with Crippen LogP contribution in [-0.4, -0.2) is 11.0 Å². The van der Waals surface area contributed by atoms with Crippen molar-refractivity contribution in [2.24, 2.45) is 17.6 Å². The van der Waals surface area contributed by atoms with E-state index in [2.05, 4.69) is 25.8 Å². The highest BCUT2D eigenvalue weighted by Crippen LogP contribution is 2.19. The molecule has 0 aliphatic heterocycles. The van der Waals surface area contributed by atoms with E-state index in [0.717, 1.165) is 17.0 Å². The Kier molecular flexibility index (Phi) is 3.48. The minimum absolute atomic E-state index is 0.100. The number of benzene rings is 1. The maximum absolute atomic E-state index is 6.17. The summed E-state index contributed by atoms with van der Waals surface area (Å²) >= 11 is 0. The maximum atomic E-state index is 6.17. The molecule has 0 saturated heterocycles. The number of fused-ring (bicyclic) bond motifs is 1. The fourth-order valence-corrected chi connectivity index (χ4v) is 1.89. The van der Waals surface area contributed by atoms with E-state index < -0.39 is 0 Å². The largest absolute Gasteiger partial charge is 0.441 e. The van der Waals surface area contributed by atoms with E-state index in [0.29, 0.717) is 18.3 Å². The summed E-state index contributed by atoms with van der Waals surface area (Å²) in [4.78, 5) is 4.45. The summed E-state index contributed by atoms with van der Waals surface area (Å²) in [6.45, 7) is 6.56. The molecule has 17 heavy (non-hydrogen) atoms. The van der Waals surface area contributed by atoms with Crippen molar-refractivity contribution in [1.29, 1.82) is 0 Å². The summed E-state index contributed by atoms with van der Waals surface area (Å²) in [5.74, 6) is 1.78. The molecule has 92 valence electrons. The van der Waals surface area contributed by atoms with Gasteiger partial charge in [0.2, 0.25) is 0 Å². The highest BCUT2D eigenvalue weighted by atomic mass is 16.3. The molecule has 1 aromatic carbocycles. The summed E-state index contributed by atoms with van der Waals surface area (Å²) in [6.07, 6.45) is 0.702. The third-order valence-electron chi connectivity index (χ3n) is 3.48. The van der Waals surface area contributed by atoms with E-state index >= 15 is 0 Å². The van der Waals surface area contributed by atoms with Gasteiger partial charge in [0.15, 0.2) is 11.5 Å². The van der Waals surface area contributed by atoms with Gasteiger partial charge in [-0.15, -0.1) is 0 Å². The molecule has 0 fully saturated rings. The van der Waals surface area contributed by atoms with E-state index in [9.17, 15) is 0 Å². The van der Waals surface area contributed by atoms with Crippen LogP contribution in [0.4, 0.5) is 0 Å². The Balaban J connectivity index is 2.13. The first-order chi connectivity index (χ1) is 8.08. The van der Waals surface area contributed by atoms with Gasteiger partial charge in [0, 0.05) is 12.5 Å². The Morgan fingerprint density at radius 3 is 2.59 bits per heavy atom. The monoisotopic (exact) mass is 232 g/mol. The lowest BCUT2D eigenvalue weighted by molar-refractivity contribution is 0.329. The third-order valence-corrected chi connectivity index (χ3v) is 3.48. The van der Waals surface area contributed by atoms with Gasteiger partial charge in [-0.2, -0.15) is 0 Å². The molecule has 1 aromatic heterocycles. The lowest BCUT2D eigenvalue weighted by Crippen LogP contribution is -2.33. The fourth-order valence-electron chi connectivity index (χ4n) is 1.89. The van der Waals surface area contributed by atoms with Gasteiger partial charge in [-0.05, 0) is 24.0 Å². The van der Waals surface area contributed by atoms with Gasteiger partial charge in [-0.25, -0.2) is 4.98 Å². The van der Waals surface area contributed by atoms with Crippen molar-refractivity contribution in [2.45, 2.75) is 33.2 Å². The molecular weight excluding hydrogens is 212 g/mol. The van der Waals surface area contributed by atoms with Crippen LogP contribution in [0.15, 0.2) is 28.7 Å². The lowest BCUT2D eigenvalue weighted by atomic mass is 9.89. The van der Waals surface area contributed by atoms with Crippen LogP contribution in [0.2, 0.25) is 0 Å². The van der Waals surface area contributed by atoms with Crippen LogP contribution in [0.3, 0.4) is 0 Å². The molecule has 0 aliphatic rings. The average molecular weight is 232 g/mol. The van der Waals surface area contributed by atoms with Crippen molar-refractivity contribution in [3.8, 4) is 0 Å². The molecule has 2 N–H and O–H groups in total. The second-order valence-corrected chi connectivity index (χ2v) is 5.05. The Labute approximate surface area is 102 Å². The number of hydrogen-bond acceptors (Lipinski definition) is 3. The van der Waals surface area contributed by atoms with Gasteiger partial charge in [0.25, 0.3) is 0 Å². The number of aromatic nitrogens is 1. The number of nitrogens with zero attached hydrogens (tertiary/aromatic N) is 1. The molecule has 1 heterocycles. The highest BCUT2D eigenvalue weighted by molar-refractivity contribution is 5.72. The molecule has 3 nitrogen and oxygen atoms in total. The van der Waals surface area contributed by atoms with Crippen LogP contribution in [0.5, 0.6) is 0 Å². The molecule has 0 spiro atoms.